The Balaban J connectivity index is 1.33. The van der Waals surface area contributed by atoms with Gasteiger partial charge in [0.05, 0.1) is 6.61 Å². The van der Waals surface area contributed by atoms with Crippen molar-refractivity contribution >= 4 is 11.6 Å². The van der Waals surface area contributed by atoms with Gasteiger partial charge in [-0.15, -0.1) is 0 Å². The van der Waals surface area contributed by atoms with Gasteiger partial charge in [-0.1, -0.05) is 11.6 Å². The van der Waals surface area contributed by atoms with Crippen LogP contribution >= 0.6 is 11.6 Å². The van der Waals surface area contributed by atoms with E-state index in [2.05, 4.69) is 22.3 Å². The lowest BCUT2D eigenvalue weighted by Gasteiger charge is -2.32. The molecule has 1 N–H and O–H groups in total. The summed E-state index contributed by atoms with van der Waals surface area (Å²) in [4.78, 5) is 2.54. The molecule has 0 radical (unpaired) electrons. The average Bonchev–Trinajstić information content (AvgIpc) is 3.23. The van der Waals surface area contributed by atoms with Crippen LogP contribution < -0.4 is 10.1 Å². The van der Waals surface area contributed by atoms with E-state index >= 15 is 0 Å². The first-order valence-electron chi connectivity index (χ1n) is 8.68. The van der Waals surface area contributed by atoms with Gasteiger partial charge in [-0.3, -0.25) is 4.90 Å². The molecule has 2 fully saturated rings. The van der Waals surface area contributed by atoms with Gasteiger partial charge < -0.3 is 10.1 Å². The fourth-order valence-electron chi connectivity index (χ4n) is 3.65. The van der Waals surface area contributed by atoms with Crippen molar-refractivity contribution in [1.82, 2.24) is 10.2 Å². The van der Waals surface area contributed by atoms with Crippen LogP contribution in [0.25, 0.3) is 0 Å². The lowest BCUT2D eigenvalue weighted by molar-refractivity contribution is 0.188. The fraction of sp³-hybridized carbons (Fsp3) is 0.667. The summed E-state index contributed by atoms with van der Waals surface area (Å²) < 4.78 is 5.82. The van der Waals surface area contributed by atoms with E-state index in [9.17, 15) is 0 Å². The van der Waals surface area contributed by atoms with E-state index in [0.717, 1.165) is 42.3 Å². The van der Waals surface area contributed by atoms with Crippen LogP contribution in [0, 0.1) is 5.92 Å². The Hall–Kier alpha value is -0.770. The monoisotopic (exact) mass is 320 g/mol. The third-order valence-corrected chi connectivity index (χ3v) is 5.42. The Labute approximate surface area is 138 Å². The van der Waals surface area contributed by atoms with Gasteiger partial charge in [-0.2, -0.15) is 0 Å². The van der Waals surface area contributed by atoms with Crippen LogP contribution in [-0.2, 0) is 13.0 Å². The standard InChI is InChI=1S/C18H25ClN2O/c19-16-9-14-5-8-22-18(14)15(10-16)12-21-6-3-17(4-7-21)20-11-13-1-2-13/h9-10,13,17,20H,1-8,11-12H2. The minimum Gasteiger partial charge on any atom is -0.493 e. The van der Waals surface area contributed by atoms with E-state index in [4.69, 9.17) is 16.3 Å². The molecule has 1 saturated heterocycles. The quantitative estimate of drug-likeness (QED) is 0.901. The van der Waals surface area contributed by atoms with Gasteiger partial charge in [-0.05, 0) is 68.9 Å². The van der Waals surface area contributed by atoms with Gasteiger partial charge in [0.1, 0.15) is 5.75 Å². The molecule has 1 aromatic carbocycles. The Morgan fingerprint density at radius 2 is 2.00 bits per heavy atom. The lowest BCUT2D eigenvalue weighted by atomic mass is 10.0. The summed E-state index contributed by atoms with van der Waals surface area (Å²) in [7, 11) is 0. The molecule has 22 heavy (non-hydrogen) atoms. The number of rotatable bonds is 5. The van der Waals surface area contributed by atoms with Gasteiger partial charge in [0.15, 0.2) is 0 Å². The second-order valence-electron chi connectivity index (χ2n) is 7.05. The molecule has 0 atom stereocenters. The van der Waals surface area contributed by atoms with Crippen molar-refractivity contribution in [2.24, 2.45) is 5.92 Å². The molecule has 4 heteroatoms. The van der Waals surface area contributed by atoms with Crippen molar-refractivity contribution in [2.45, 2.75) is 44.7 Å². The number of benzene rings is 1. The van der Waals surface area contributed by atoms with Crippen LogP contribution in [0.15, 0.2) is 12.1 Å². The molecular formula is C18H25ClN2O. The smallest absolute Gasteiger partial charge is 0.127 e. The summed E-state index contributed by atoms with van der Waals surface area (Å²) in [6, 6.07) is 4.86. The first kappa shape index (κ1) is 14.8. The number of halogens is 1. The van der Waals surface area contributed by atoms with E-state index in [1.165, 1.54) is 56.4 Å². The van der Waals surface area contributed by atoms with E-state index in [1.54, 1.807) is 0 Å². The number of hydrogen-bond donors (Lipinski definition) is 1. The van der Waals surface area contributed by atoms with Crippen molar-refractivity contribution in [3.8, 4) is 5.75 Å². The molecule has 120 valence electrons. The first-order chi connectivity index (χ1) is 10.8. The molecule has 0 amide bonds. The van der Waals surface area contributed by atoms with Crippen LogP contribution in [0.1, 0.15) is 36.8 Å². The Morgan fingerprint density at radius 3 is 2.77 bits per heavy atom. The summed E-state index contributed by atoms with van der Waals surface area (Å²) in [5, 5.41) is 4.59. The highest BCUT2D eigenvalue weighted by Crippen LogP contribution is 2.34. The maximum Gasteiger partial charge on any atom is 0.127 e. The molecule has 1 aliphatic carbocycles. The van der Waals surface area contributed by atoms with E-state index in [1.807, 2.05) is 0 Å². The molecule has 0 aromatic heterocycles. The van der Waals surface area contributed by atoms with Crippen molar-refractivity contribution in [3.05, 3.63) is 28.3 Å². The Kier molecular flexibility index (Phi) is 4.29. The average molecular weight is 321 g/mol. The van der Waals surface area contributed by atoms with Crippen molar-refractivity contribution in [1.29, 1.82) is 0 Å². The zero-order valence-corrected chi connectivity index (χ0v) is 13.9. The van der Waals surface area contributed by atoms with Crippen LogP contribution in [0.4, 0.5) is 0 Å². The molecule has 0 spiro atoms. The van der Waals surface area contributed by atoms with Crippen LogP contribution in [0.5, 0.6) is 5.75 Å². The maximum absolute atomic E-state index is 6.26. The molecule has 2 aliphatic heterocycles. The topological polar surface area (TPSA) is 24.5 Å². The van der Waals surface area contributed by atoms with Gasteiger partial charge in [-0.25, -0.2) is 0 Å². The van der Waals surface area contributed by atoms with Gasteiger partial charge in [0.2, 0.25) is 0 Å². The van der Waals surface area contributed by atoms with Gasteiger partial charge in [0.25, 0.3) is 0 Å². The fourth-order valence-corrected chi connectivity index (χ4v) is 3.92. The van der Waals surface area contributed by atoms with Crippen LogP contribution in [0.3, 0.4) is 0 Å². The second kappa shape index (κ2) is 6.38. The molecule has 2 heterocycles. The van der Waals surface area contributed by atoms with Crippen molar-refractivity contribution < 1.29 is 4.74 Å². The van der Waals surface area contributed by atoms with Gasteiger partial charge in [0, 0.05) is 29.6 Å². The molecule has 3 aliphatic rings. The zero-order chi connectivity index (χ0) is 14.9. The Bertz CT molecular complexity index is 536. The van der Waals surface area contributed by atoms with Crippen LogP contribution in [-0.4, -0.2) is 37.2 Å². The number of hydrogen-bond acceptors (Lipinski definition) is 3. The normalized spacial score (nSPS) is 22.6. The third-order valence-electron chi connectivity index (χ3n) is 5.20. The first-order valence-corrected chi connectivity index (χ1v) is 9.05. The number of nitrogens with one attached hydrogen (secondary N) is 1. The van der Waals surface area contributed by atoms with E-state index in [0.29, 0.717) is 0 Å². The number of fused-ring (bicyclic) bond motifs is 1. The van der Waals surface area contributed by atoms with Crippen molar-refractivity contribution in [3.63, 3.8) is 0 Å². The molecule has 0 unspecified atom stereocenters. The highest BCUT2D eigenvalue weighted by atomic mass is 35.5. The summed E-state index contributed by atoms with van der Waals surface area (Å²) in [5.74, 6) is 2.07. The number of likely N-dealkylation sites (tertiary alicyclic amines) is 1. The predicted octanol–water partition coefficient (Wildman–Crippen LogP) is 3.24. The predicted molar refractivity (Wildman–Crippen MR) is 89.7 cm³/mol. The molecule has 1 saturated carbocycles. The number of piperidine rings is 1. The minimum absolute atomic E-state index is 0.721. The summed E-state index contributed by atoms with van der Waals surface area (Å²) >= 11 is 6.26. The summed E-state index contributed by atoms with van der Waals surface area (Å²) in [5.41, 5.74) is 2.55. The molecule has 4 rings (SSSR count). The molecule has 3 nitrogen and oxygen atoms in total. The largest absolute Gasteiger partial charge is 0.493 e. The van der Waals surface area contributed by atoms with E-state index in [-0.39, 0.29) is 0 Å². The number of ether oxygens (including phenoxy) is 1. The molecule has 1 aromatic rings. The maximum atomic E-state index is 6.26. The molecular weight excluding hydrogens is 296 g/mol. The highest BCUT2D eigenvalue weighted by molar-refractivity contribution is 6.30. The SMILES string of the molecule is Clc1cc2c(c(CN3CCC(NCC4CC4)CC3)c1)OCC2. The molecule has 0 bridgehead atoms. The minimum atomic E-state index is 0.721. The van der Waals surface area contributed by atoms with E-state index < -0.39 is 0 Å². The second-order valence-corrected chi connectivity index (χ2v) is 7.49. The van der Waals surface area contributed by atoms with Crippen molar-refractivity contribution in [2.75, 3.05) is 26.2 Å². The van der Waals surface area contributed by atoms with Gasteiger partial charge >= 0.3 is 0 Å². The summed E-state index contributed by atoms with van der Waals surface area (Å²) in [6.45, 7) is 5.35. The highest BCUT2D eigenvalue weighted by Gasteiger charge is 2.25. The lowest BCUT2D eigenvalue weighted by Crippen LogP contribution is -2.42. The Morgan fingerprint density at radius 1 is 1.18 bits per heavy atom. The van der Waals surface area contributed by atoms with Crippen LogP contribution in [0.2, 0.25) is 5.02 Å². The third kappa shape index (κ3) is 3.42. The zero-order valence-electron chi connectivity index (χ0n) is 13.1. The summed E-state index contributed by atoms with van der Waals surface area (Å²) in [6.07, 6.45) is 6.39. The number of nitrogens with zero attached hydrogens (tertiary/aromatic N) is 1.